The molecule has 1 aliphatic heterocycles. The van der Waals surface area contributed by atoms with Crippen LogP contribution in [0.1, 0.15) is 16.5 Å². The fourth-order valence-electron chi connectivity index (χ4n) is 3.24. The highest BCUT2D eigenvalue weighted by molar-refractivity contribution is 9.10. The molecule has 2 amide bonds. The average molecular weight is 469 g/mol. The number of thioether (sulfide) groups is 1. The van der Waals surface area contributed by atoms with E-state index in [-0.39, 0.29) is 11.4 Å². The summed E-state index contributed by atoms with van der Waals surface area (Å²) in [6.45, 7) is 1.19. The predicted octanol–water partition coefficient (Wildman–Crippen LogP) is 6.31. The normalized spacial score (nSPS) is 15.9. The molecule has 0 aromatic heterocycles. The molecule has 0 aliphatic carbocycles. The Labute approximate surface area is 183 Å². The molecule has 1 aliphatic rings. The summed E-state index contributed by atoms with van der Waals surface area (Å²) in [4.78, 5) is 14.9. The van der Waals surface area contributed by atoms with Crippen LogP contribution in [0.2, 0.25) is 0 Å². The molecule has 3 aromatic rings. The van der Waals surface area contributed by atoms with Gasteiger partial charge in [-0.1, -0.05) is 60.7 Å². The number of urea groups is 1. The van der Waals surface area contributed by atoms with Gasteiger partial charge >= 0.3 is 6.03 Å². The number of halogens is 1. The Balaban J connectivity index is 1.51. The molecule has 29 heavy (non-hydrogen) atoms. The predicted molar refractivity (Wildman–Crippen MR) is 122 cm³/mol. The molecule has 0 saturated carbocycles. The van der Waals surface area contributed by atoms with Gasteiger partial charge in [-0.25, -0.2) is 4.79 Å². The van der Waals surface area contributed by atoms with Crippen LogP contribution in [0.15, 0.2) is 83.3 Å². The quantitative estimate of drug-likeness (QED) is 0.476. The van der Waals surface area contributed by atoms with Crippen LogP contribution < -0.4 is 10.1 Å². The topological polar surface area (TPSA) is 41.6 Å². The zero-order chi connectivity index (χ0) is 20.1. The van der Waals surface area contributed by atoms with Crippen molar-refractivity contribution in [2.45, 2.75) is 12.0 Å². The van der Waals surface area contributed by atoms with Gasteiger partial charge in [-0.3, -0.25) is 0 Å². The first-order valence-electron chi connectivity index (χ1n) is 9.42. The van der Waals surface area contributed by atoms with E-state index in [0.29, 0.717) is 13.2 Å². The Bertz CT molecular complexity index is 983. The summed E-state index contributed by atoms with van der Waals surface area (Å²) in [5, 5.41) is 2.94. The smallest absolute Gasteiger partial charge is 0.323 e. The number of amides is 2. The molecule has 0 spiro atoms. The number of rotatable bonds is 5. The van der Waals surface area contributed by atoms with Gasteiger partial charge in [0.2, 0.25) is 0 Å². The number of benzene rings is 3. The summed E-state index contributed by atoms with van der Waals surface area (Å²) in [5.41, 5.74) is 2.90. The summed E-state index contributed by atoms with van der Waals surface area (Å²) < 4.78 is 6.99. The minimum absolute atomic E-state index is 0.0792. The minimum atomic E-state index is -0.107. The molecule has 3 aromatic carbocycles. The Morgan fingerprint density at radius 3 is 2.59 bits per heavy atom. The summed E-state index contributed by atoms with van der Waals surface area (Å²) in [6, 6.07) is 25.6. The molecule has 0 bridgehead atoms. The first-order valence-corrected chi connectivity index (χ1v) is 11.3. The summed E-state index contributed by atoms with van der Waals surface area (Å²) in [7, 11) is 0. The molecule has 6 heteroatoms. The molecule has 1 saturated heterocycles. The van der Waals surface area contributed by atoms with Crippen LogP contribution in [0.5, 0.6) is 5.75 Å². The lowest BCUT2D eigenvalue weighted by molar-refractivity contribution is 0.213. The van der Waals surface area contributed by atoms with Crippen molar-refractivity contribution in [3.05, 3.63) is 94.5 Å². The van der Waals surface area contributed by atoms with E-state index in [0.717, 1.165) is 32.8 Å². The van der Waals surface area contributed by atoms with E-state index in [1.54, 1.807) is 11.8 Å². The first-order chi connectivity index (χ1) is 14.2. The number of carbonyl (C=O) groups is 1. The van der Waals surface area contributed by atoms with Crippen molar-refractivity contribution in [3.63, 3.8) is 0 Å². The lowest BCUT2D eigenvalue weighted by Crippen LogP contribution is -2.34. The fourth-order valence-corrected chi connectivity index (χ4v) is 4.90. The third kappa shape index (κ3) is 4.77. The highest BCUT2D eigenvalue weighted by atomic mass is 79.9. The van der Waals surface area contributed by atoms with Crippen LogP contribution in [-0.2, 0) is 6.61 Å². The van der Waals surface area contributed by atoms with Crippen molar-refractivity contribution in [1.82, 2.24) is 4.90 Å². The lowest BCUT2D eigenvalue weighted by Gasteiger charge is -2.26. The van der Waals surface area contributed by atoms with Crippen molar-refractivity contribution in [1.29, 1.82) is 0 Å². The Kier molecular flexibility index (Phi) is 6.42. The number of nitrogens with zero attached hydrogens (tertiary/aromatic N) is 1. The number of hydrogen-bond donors (Lipinski definition) is 1. The van der Waals surface area contributed by atoms with Crippen LogP contribution in [0.25, 0.3) is 0 Å². The molecule has 1 fully saturated rings. The second kappa shape index (κ2) is 9.37. The van der Waals surface area contributed by atoms with Crippen LogP contribution in [0.3, 0.4) is 0 Å². The largest absolute Gasteiger partial charge is 0.489 e. The van der Waals surface area contributed by atoms with Gasteiger partial charge in [0.05, 0.1) is 5.69 Å². The van der Waals surface area contributed by atoms with Crippen molar-refractivity contribution in [2.75, 3.05) is 17.6 Å². The first kappa shape index (κ1) is 19.9. The maximum absolute atomic E-state index is 13.0. The zero-order valence-corrected chi connectivity index (χ0v) is 18.2. The fraction of sp³-hybridized carbons (Fsp3) is 0.174. The molecule has 0 radical (unpaired) electrons. The van der Waals surface area contributed by atoms with Gasteiger partial charge in [0.1, 0.15) is 17.7 Å². The summed E-state index contributed by atoms with van der Waals surface area (Å²) in [6.07, 6.45) is 0. The van der Waals surface area contributed by atoms with Crippen molar-refractivity contribution in [2.24, 2.45) is 0 Å². The van der Waals surface area contributed by atoms with E-state index in [9.17, 15) is 4.79 Å². The highest BCUT2D eigenvalue weighted by Crippen LogP contribution is 2.42. The molecule has 1 heterocycles. The van der Waals surface area contributed by atoms with Gasteiger partial charge < -0.3 is 15.0 Å². The van der Waals surface area contributed by atoms with Crippen LogP contribution >= 0.6 is 27.7 Å². The van der Waals surface area contributed by atoms with Crippen molar-refractivity contribution >= 4 is 39.4 Å². The Hall–Kier alpha value is -2.44. The van der Waals surface area contributed by atoms with E-state index in [4.69, 9.17) is 4.74 Å². The van der Waals surface area contributed by atoms with Gasteiger partial charge in [0, 0.05) is 22.3 Å². The van der Waals surface area contributed by atoms with E-state index in [1.807, 2.05) is 83.8 Å². The second-order valence-electron chi connectivity index (χ2n) is 6.64. The molecule has 1 N–H and O–H groups in total. The number of ether oxygens (including phenoxy) is 1. The number of anilines is 1. The third-order valence-electron chi connectivity index (χ3n) is 4.69. The molecular formula is C23H21BrN2O2S. The van der Waals surface area contributed by atoms with E-state index < -0.39 is 0 Å². The van der Waals surface area contributed by atoms with Crippen molar-refractivity contribution in [3.8, 4) is 5.75 Å². The second-order valence-corrected chi connectivity index (χ2v) is 8.68. The Morgan fingerprint density at radius 2 is 1.76 bits per heavy atom. The molecule has 148 valence electrons. The van der Waals surface area contributed by atoms with E-state index >= 15 is 0 Å². The Morgan fingerprint density at radius 1 is 1.03 bits per heavy atom. The standard InChI is InChI=1S/C23H21BrN2O2S/c24-19-11-5-6-12-20(19)25-23(27)26-14-15-29-22(26)18-10-4-7-13-21(18)28-16-17-8-2-1-3-9-17/h1-13,22H,14-16H2,(H,25,27). The van der Waals surface area contributed by atoms with E-state index in [2.05, 4.69) is 21.2 Å². The lowest BCUT2D eigenvalue weighted by atomic mass is 10.1. The molecule has 4 nitrogen and oxygen atoms in total. The maximum atomic E-state index is 13.0. The van der Waals surface area contributed by atoms with Gasteiger partial charge in [0.15, 0.2) is 0 Å². The van der Waals surface area contributed by atoms with Gasteiger partial charge in [-0.05, 0) is 39.7 Å². The average Bonchev–Trinajstić information content (AvgIpc) is 3.25. The summed E-state index contributed by atoms with van der Waals surface area (Å²) in [5.74, 6) is 1.70. The third-order valence-corrected chi connectivity index (χ3v) is 6.62. The molecule has 1 unspecified atom stereocenters. The van der Waals surface area contributed by atoms with Crippen LogP contribution in [-0.4, -0.2) is 23.2 Å². The van der Waals surface area contributed by atoms with Gasteiger partial charge in [-0.15, -0.1) is 11.8 Å². The molecule has 1 atom stereocenters. The van der Waals surface area contributed by atoms with E-state index in [1.165, 1.54) is 0 Å². The maximum Gasteiger partial charge on any atom is 0.323 e. The minimum Gasteiger partial charge on any atom is -0.489 e. The van der Waals surface area contributed by atoms with Gasteiger partial charge in [-0.2, -0.15) is 0 Å². The number of para-hydroxylation sites is 2. The number of nitrogens with one attached hydrogen (secondary N) is 1. The SMILES string of the molecule is O=C(Nc1ccccc1Br)N1CCSC1c1ccccc1OCc1ccccc1. The van der Waals surface area contributed by atoms with Crippen molar-refractivity contribution < 1.29 is 9.53 Å². The number of carbonyl (C=O) groups excluding carboxylic acids is 1. The summed E-state index contributed by atoms with van der Waals surface area (Å²) >= 11 is 5.25. The molecular weight excluding hydrogens is 448 g/mol. The molecule has 4 rings (SSSR count). The monoisotopic (exact) mass is 468 g/mol. The zero-order valence-electron chi connectivity index (χ0n) is 15.8. The van der Waals surface area contributed by atoms with Crippen LogP contribution in [0.4, 0.5) is 10.5 Å². The van der Waals surface area contributed by atoms with Gasteiger partial charge in [0.25, 0.3) is 0 Å². The van der Waals surface area contributed by atoms with Crippen LogP contribution in [0, 0.1) is 0 Å². The highest BCUT2D eigenvalue weighted by Gasteiger charge is 2.32. The number of hydrogen-bond acceptors (Lipinski definition) is 3.